The van der Waals surface area contributed by atoms with Crippen molar-refractivity contribution in [2.45, 2.75) is 12.0 Å². The largest absolute Gasteiger partial charge is 0.350 e. The van der Waals surface area contributed by atoms with Gasteiger partial charge in [0, 0.05) is 29.1 Å². The zero-order chi connectivity index (χ0) is 16.3. The van der Waals surface area contributed by atoms with Crippen LogP contribution in [0.15, 0.2) is 36.9 Å². The number of hydrogen-bond donors (Lipinski definition) is 1. The third-order valence-electron chi connectivity index (χ3n) is 4.46. The number of nitrogens with one attached hydrogen (secondary N) is 1. The molecule has 6 nitrogen and oxygen atoms in total. The highest BCUT2D eigenvalue weighted by Crippen LogP contribution is 2.31. The van der Waals surface area contributed by atoms with E-state index >= 15 is 0 Å². The monoisotopic (exact) mass is 331 g/mol. The molecule has 0 spiro atoms. The molecule has 1 atom stereocenters. The maximum Gasteiger partial charge on any atom is 0.251 e. The minimum atomic E-state index is -0.0292. The summed E-state index contributed by atoms with van der Waals surface area (Å²) in [6.45, 7) is 0.680. The van der Waals surface area contributed by atoms with Crippen LogP contribution in [0.1, 0.15) is 16.8 Å². The molecule has 1 saturated heterocycles. The van der Waals surface area contributed by atoms with Gasteiger partial charge in [-0.05, 0) is 50.5 Å². The predicted molar refractivity (Wildman–Crippen MR) is 92.1 cm³/mol. The van der Waals surface area contributed by atoms with E-state index in [-0.39, 0.29) is 11.4 Å². The molecular formula is C16H21N5OS. The quantitative estimate of drug-likeness (QED) is 0.898. The normalized spacial score (nSPS) is 20.8. The summed E-state index contributed by atoms with van der Waals surface area (Å²) in [6.07, 6.45) is 4.37. The number of hydrogen-bond acceptors (Lipinski definition) is 5. The zero-order valence-corrected chi connectivity index (χ0v) is 14.2. The van der Waals surface area contributed by atoms with Gasteiger partial charge in [-0.1, -0.05) is 0 Å². The Balaban J connectivity index is 1.64. The molecule has 1 amide bonds. The van der Waals surface area contributed by atoms with E-state index in [1.807, 2.05) is 36.0 Å². The fourth-order valence-corrected chi connectivity index (χ4v) is 4.27. The maximum absolute atomic E-state index is 12.4. The van der Waals surface area contributed by atoms with Gasteiger partial charge >= 0.3 is 0 Å². The van der Waals surface area contributed by atoms with Crippen molar-refractivity contribution >= 4 is 17.7 Å². The van der Waals surface area contributed by atoms with E-state index in [1.54, 1.807) is 17.2 Å². The van der Waals surface area contributed by atoms with E-state index in [0.717, 1.165) is 23.6 Å². The van der Waals surface area contributed by atoms with Gasteiger partial charge in [0.15, 0.2) is 0 Å². The molecule has 1 fully saturated rings. The van der Waals surface area contributed by atoms with Crippen LogP contribution in [0.3, 0.4) is 0 Å². The number of thioether (sulfide) groups is 1. The molecule has 0 bridgehead atoms. The topological polar surface area (TPSA) is 63.1 Å². The van der Waals surface area contributed by atoms with Crippen LogP contribution in [-0.2, 0) is 0 Å². The first kappa shape index (κ1) is 16.0. The van der Waals surface area contributed by atoms with Crippen molar-refractivity contribution in [3.05, 3.63) is 42.5 Å². The Hall–Kier alpha value is -1.86. The highest BCUT2D eigenvalue weighted by atomic mass is 32.2. The summed E-state index contributed by atoms with van der Waals surface area (Å²) in [5.74, 6) is 2.19. The van der Waals surface area contributed by atoms with Crippen LogP contribution in [0.5, 0.6) is 0 Å². The Kier molecular flexibility index (Phi) is 4.68. The van der Waals surface area contributed by atoms with Crippen LogP contribution >= 0.6 is 11.8 Å². The molecule has 1 aromatic carbocycles. The molecule has 3 rings (SSSR count). The zero-order valence-electron chi connectivity index (χ0n) is 13.4. The Morgan fingerprint density at radius 1 is 1.30 bits per heavy atom. The smallest absolute Gasteiger partial charge is 0.251 e. The number of rotatable bonds is 5. The average Bonchev–Trinajstić information content (AvgIpc) is 3.25. The molecule has 23 heavy (non-hydrogen) atoms. The predicted octanol–water partition coefficient (Wildman–Crippen LogP) is 1.43. The number of nitrogens with zero attached hydrogens (tertiary/aromatic N) is 4. The van der Waals surface area contributed by atoms with Crippen LogP contribution in [0.2, 0.25) is 0 Å². The summed E-state index contributed by atoms with van der Waals surface area (Å²) in [5.41, 5.74) is 1.67. The Morgan fingerprint density at radius 3 is 2.57 bits per heavy atom. The minimum absolute atomic E-state index is 0.0292. The number of carbonyl (C=O) groups excluding carboxylic acids is 1. The van der Waals surface area contributed by atoms with Gasteiger partial charge in [-0.25, -0.2) is 0 Å². The van der Waals surface area contributed by atoms with E-state index in [1.165, 1.54) is 0 Å². The van der Waals surface area contributed by atoms with E-state index < -0.39 is 0 Å². The molecule has 1 aromatic heterocycles. The lowest BCUT2D eigenvalue weighted by Crippen LogP contribution is -2.53. The van der Waals surface area contributed by atoms with Crippen molar-refractivity contribution in [3.63, 3.8) is 0 Å². The van der Waals surface area contributed by atoms with E-state index in [4.69, 9.17) is 0 Å². The minimum Gasteiger partial charge on any atom is -0.350 e. The van der Waals surface area contributed by atoms with Gasteiger partial charge in [-0.3, -0.25) is 9.36 Å². The van der Waals surface area contributed by atoms with Crippen LogP contribution in [0, 0.1) is 0 Å². The molecule has 2 heterocycles. The van der Waals surface area contributed by atoms with E-state index in [2.05, 4.69) is 34.5 Å². The van der Waals surface area contributed by atoms with Crippen LogP contribution in [0.25, 0.3) is 5.69 Å². The van der Waals surface area contributed by atoms with Gasteiger partial charge in [-0.2, -0.15) is 11.8 Å². The second-order valence-electron chi connectivity index (χ2n) is 6.02. The van der Waals surface area contributed by atoms with Crippen molar-refractivity contribution in [2.24, 2.45) is 0 Å². The summed E-state index contributed by atoms with van der Waals surface area (Å²) in [7, 11) is 4.18. The van der Waals surface area contributed by atoms with Gasteiger partial charge in [0.1, 0.15) is 12.7 Å². The lowest BCUT2D eigenvalue weighted by atomic mass is 9.97. The Labute approximate surface area is 140 Å². The number of likely N-dealkylation sites (N-methyl/N-ethyl adjacent to an activating group) is 1. The van der Waals surface area contributed by atoms with Crippen molar-refractivity contribution in [2.75, 3.05) is 32.1 Å². The number of aromatic nitrogens is 3. The Morgan fingerprint density at radius 2 is 2.00 bits per heavy atom. The summed E-state index contributed by atoms with van der Waals surface area (Å²) in [4.78, 5) is 14.6. The highest BCUT2D eigenvalue weighted by Gasteiger charge is 2.36. The van der Waals surface area contributed by atoms with Gasteiger partial charge in [-0.15, -0.1) is 10.2 Å². The summed E-state index contributed by atoms with van der Waals surface area (Å²) >= 11 is 1.95. The number of benzene rings is 1. The summed E-state index contributed by atoms with van der Waals surface area (Å²) in [5, 5.41) is 10.7. The standard InChI is InChI=1S/C16H21N5OS/c1-20(2)16(7-8-23-10-16)9-17-15(22)13-3-5-14(6-4-13)21-11-18-19-12-21/h3-6,11-12H,7-10H2,1-2H3,(H,17,22). The van der Waals surface area contributed by atoms with Crippen molar-refractivity contribution in [1.29, 1.82) is 0 Å². The third kappa shape index (κ3) is 3.40. The molecule has 7 heteroatoms. The van der Waals surface area contributed by atoms with Gasteiger partial charge in [0.25, 0.3) is 5.91 Å². The van der Waals surface area contributed by atoms with Crippen molar-refractivity contribution < 1.29 is 4.79 Å². The molecule has 0 aliphatic carbocycles. The SMILES string of the molecule is CN(C)C1(CNC(=O)c2ccc(-n3cnnc3)cc2)CCSC1. The second-order valence-corrected chi connectivity index (χ2v) is 7.13. The fraction of sp³-hybridized carbons (Fsp3) is 0.438. The molecule has 1 N–H and O–H groups in total. The molecular weight excluding hydrogens is 310 g/mol. The first-order chi connectivity index (χ1) is 11.1. The van der Waals surface area contributed by atoms with Crippen LogP contribution in [0.4, 0.5) is 0 Å². The van der Waals surface area contributed by atoms with Crippen molar-refractivity contribution in [3.8, 4) is 5.69 Å². The van der Waals surface area contributed by atoms with Gasteiger partial charge < -0.3 is 10.2 Å². The van der Waals surface area contributed by atoms with Gasteiger partial charge in [0.2, 0.25) is 0 Å². The highest BCUT2D eigenvalue weighted by molar-refractivity contribution is 7.99. The van der Waals surface area contributed by atoms with E-state index in [9.17, 15) is 4.79 Å². The van der Waals surface area contributed by atoms with Crippen molar-refractivity contribution in [1.82, 2.24) is 25.0 Å². The molecule has 1 aliphatic heterocycles. The van der Waals surface area contributed by atoms with Gasteiger partial charge in [0.05, 0.1) is 0 Å². The average molecular weight is 331 g/mol. The Bertz CT molecular complexity index is 648. The fourth-order valence-electron chi connectivity index (χ4n) is 2.71. The summed E-state index contributed by atoms with van der Waals surface area (Å²) in [6, 6.07) is 7.45. The molecule has 122 valence electrons. The third-order valence-corrected chi connectivity index (χ3v) is 5.69. The molecule has 0 saturated carbocycles. The molecule has 1 unspecified atom stereocenters. The second kappa shape index (κ2) is 6.72. The first-order valence-electron chi connectivity index (χ1n) is 7.59. The lowest BCUT2D eigenvalue weighted by Gasteiger charge is -2.35. The maximum atomic E-state index is 12.4. The molecule has 1 aliphatic rings. The number of amides is 1. The van der Waals surface area contributed by atoms with Crippen LogP contribution < -0.4 is 5.32 Å². The van der Waals surface area contributed by atoms with Crippen LogP contribution in [-0.4, -0.2) is 63.3 Å². The first-order valence-corrected chi connectivity index (χ1v) is 8.75. The molecule has 2 aromatic rings. The molecule has 0 radical (unpaired) electrons. The van der Waals surface area contributed by atoms with E-state index in [0.29, 0.717) is 12.1 Å². The lowest BCUT2D eigenvalue weighted by molar-refractivity contribution is 0.0914. The number of carbonyl (C=O) groups is 1. The summed E-state index contributed by atoms with van der Waals surface area (Å²) < 4.78 is 1.80.